The van der Waals surface area contributed by atoms with E-state index in [4.69, 9.17) is 0 Å². The molecule has 0 heterocycles. The van der Waals surface area contributed by atoms with E-state index in [1.165, 1.54) is 0 Å². The number of phosphoric acid groups is 1. The molecule has 0 aliphatic rings. The van der Waals surface area contributed by atoms with E-state index in [1.54, 1.807) is 0 Å². The lowest BCUT2D eigenvalue weighted by Crippen LogP contribution is -2.74. The number of alkyl halides is 43. The Morgan fingerprint density at radius 2 is 0.324 bits per heavy atom. The highest BCUT2D eigenvalue weighted by Crippen LogP contribution is 2.67. The zero-order valence-corrected chi connectivity index (χ0v) is 33.5. The smallest absolute Gasteiger partial charge is 0.287 e. The van der Waals surface area contributed by atoms with Gasteiger partial charge in [0.15, 0.2) is 0 Å². The molecule has 0 N–H and O–H groups in total. The van der Waals surface area contributed by atoms with Gasteiger partial charge in [0.2, 0.25) is 0 Å². The van der Waals surface area contributed by atoms with Crippen molar-refractivity contribution in [3.63, 3.8) is 0 Å². The van der Waals surface area contributed by atoms with Gasteiger partial charge in [-0.05, 0) is 0 Å². The van der Waals surface area contributed by atoms with E-state index < -0.39 is 166 Å². The molecule has 0 bridgehead atoms. The first-order valence-electron chi connectivity index (χ1n) is 16.5. The summed E-state index contributed by atoms with van der Waals surface area (Å²) in [5.74, 6) is -148. The van der Waals surface area contributed by atoms with E-state index in [0.717, 1.165) is 0 Å². The third-order valence-electron chi connectivity index (χ3n) is 8.78. The minimum absolute atomic E-state index is 3.11. The summed E-state index contributed by atoms with van der Waals surface area (Å²) in [6.07, 6.45) is -36.4. The first kappa shape index (κ1) is 71.1. The number of halogens is 43. The molecule has 0 fully saturated rings. The number of hydrogen-bond donors (Lipinski definition) is 0. The van der Waals surface area contributed by atoms with E-state index in [-0.39, 0.29) is 0 Å². The monoisotopic (exact) mass is 1240 g/mol. The van der Waals surface area contributed by atoms with Gasteiger partial charge in [-0.1, -0.05) is 0 Å². The lowest BCUT2D eigenvalue weighted by molar-refractivity contribution is -0.462. The third kappa shape index (κ3) is 10.6. The van der Waals surface area contributed by atoms with Gasteiger partial charge in [0.05, 0.1) is 19.8 Å². The average molecular weight is 1240 g/mol. The van der Waals surface area contributed by atoms with Crippen LogP contribution in [0.1, 0.15) is 19.3 Å². The maximum Gasteiger partial charge on any atom is 0.474 e. The molecule has 0 atom stereocenters. The number of phosphoric ester groups is 1. The molecular weight excluding hydrogens is 1220 g/mol. The fraction of sp³-hybridized carbons (Fsp3) is 1.00. The van der Waals surface area contributed by atoms with Crippen LogP contribution < -0.4 is 0 Å². The second-order valence-corrected chi connectivity index (χ2v) is 15.5. The summed E-state index contributed by atoms with van der Waals surface area (Å²) < 4.78 is 598. The van der Waals surface area contributed by atoms with E-state index in [2.05, 4.69) is 13.6 Å². The molecule has 446 valence electrons. The van der Waals surface area contributed by atoms with Gasteiger partial charge in [-0.3, -0.25) is 13.6 Å². The Morgan fingerprint density at radius 1 is 0.203 bits per heavy atom. The van der Waals surface area contributed by atoms with Gasteiger partial charge in [-0.15, -0.1) is 0 Å². The van der Waals surface area contributed by atoms with Crippen molar-refractivity contribution in [2.75, 3.05) is 19.8 Å². The van der Waals surface area contributed by atoms with Crippen molar-refractivity contribution in [3.05, 3.63) is 0 Å². The maximum absolute atomic E-state index is 14.3. The van der Waals surface area contributed by atoms with Crippen LogP contribution in [0.2, 0.25) is 0 Å². The SMILES string of the molecule is O=P(OCCC(F)(F)C(F)(F)C(F)(F)C(F)(F)F)(OCCC(F)(F)C(F)(F)C(F)(F)C(F)(F)C(F)(F)C(F)(F)C(F)(F)C(F)(F)F)OCCC(F)(F)C(F)(F)C(F)(F)C(F)(F)C(F)(F)C(F)(F)C(F)(F)C(F)(F)F. The van der Waals surface area contributed by atoms with Crippen LogP contribution in [0, 0.1) is 0 Å². The Hall–Kier alpha value is -2.90. The molecule has 0 rings (SSSR count). The van der Waals surface area contributed by atoms with Crippen LogP contribution >= 0.6 is 7.82 Å². The Balaban J connectivity index is 7.35. The minimum Gasteiger partial charge on any atom is -0.287 e. The van der Waals surface area contributed by atoms with Crippen LogP contribution in [0.5, 0.6) is 0 Å². The summed E-state index contributed by atoms with van der Waals surface area (Å²) in [5.41, 5.74) is 0. The van der Waals surface area contributed by atoms with Crippen LogP contribution in [0.15, 0.2) is 0 Å². The van der Waals surface area contributed by atoms with Crippen molar-refractivity contribution < 1.29 is 207 Å². The van der Waals surface area contributed by atoms with Crippen molar-refractivity contribution in [1.82, 2.24) is 0 Å². The normalized spacial score (nSPS) is 16.9. The van der Waals surface area contributed by atoms with Crippen LogP contribution in [-0.2, 0) is 18.1 Å². The molecule has 4 nitrogen and oxygen atoms in total. The fourth-order valence-electron chi connectivity index (χ4n) is 4.24. The van der Waals surface area contributed by atoms with Crippen LogP contribution in [0.3, 0.4) is 0 Å². The summed E-state index contributed by atoms with van der Waals surface area (Å²) >= 11 is 0. The predicted octanol–water partition coefficient (Wildman–Crippen LogP) is 15.8. The number of rotatable bonds is 26. The second-order valence-electron chi connectivity index (χ2n) is 13.8. The predicted molar refractivity (Wildman–Crippen MR) is 142 cm³/mol. The fourth-order valence-corrected chi connectivity index (χ4v) is 5.41. The highest BCUT2D eigenvalue weighted by Gasteiger charge is 2.97. The lowest BCUT2D eigenvalue weighted by atomic mass is 9.88. The van der Waals surface area contributed by atoms with Gasteiger partial charge >= 0.3 is 127 Å². The molecule has 0 unspecified atom stereocenters. The molecule has 0 radical (unpaired) electrons. The van der Waals surface area contributed by atoms with E-state index in [9.17, 15) is 193 Å². The van der Waals surface area contributed by atoms with Crippen molar-refractivity contribution in [2.24, 2.45) is 0 Å². The molecule has 48 heteroatoms. The molecule has 0 aliphatic heterocycles. The highest BCUT2D eigenvalue weighted by molar-refractivity contribution is 7.48. The highest BCUT2D eigenvalue weighted by atomic mass is 31.2. The summed E-state index contributed by atoms with van der Waals surface area (Å²) in [5, 5.41) is 0. The maximum atomic E-state index is 14.3. The summed E-state index contributed by atoms with van der Waals surface area (Å²) in [4.78, 5) is 0. The van der Waals surface area contributed by atoms with E-state index in [0.29, 0.717) is 0 Å². The molecule has 0 saturated carbocycles. The summed E-state index contributed by atoms with van der Waals surface area (Å²) in [6, 6.07) is 0. The van der Waals surface area contributed by atoms with Crippen molar-refractivity contribution in [2.45, 2.75) is 138 Å². The first-order chi connectivity index (χ1) is 31.4. The van der Waals surface area contributed by atoms with Gasteiger partial charge < -0.3 is 0 Å². The molecule has 0 spiro atoms. The quantitative estimate of drug-likeness (QED) is 0.0640. The first-order valence-corrected chi connectivity index (χ1v) is 18.0. The van der Waals surface area contributed by atoms with E-state index >= 15 is 0 Å². The van der Waals surface area contributed by atoms with Crippen molar-refractivity contribution in [1.29, 1.82) is 0 Å². The second kappa shape index (κ2) is 19.2. The van der Waals surface area contributed by atoms with Gasteiger partial charge in [-0.2, -0.15) is 189 Å². The average Bonchev–Trinajstić information content (AvgIpc) is 3.15. The van der Waals surface area contributed by atoms with Gasteiger partial charge in [0, 0.05) is 19.3 Å². The minimum atomic E-state index is -9.37. The Bertz CT molecular complexity index is 1860. The number of hydrogen-bond acceptors (Lipinski definition) is 4. The Kier molecular flexibility index (Phi) is 18.4. The molecule has 74 heavy (non-hydrogen) atoms. The summed E-state index contributed by atoms with van der Waals surface area (Å²) in [6.45, 7) is -10.5. The molecule has 0 aromatic rings. The standard InChI is InChI=1S/C26H12F43O4P/c27-7(28,10(33,34)13(39,40)15(43,44)17(47,48)19(51,52)22(57,58)25(64,65)66)1-4-71-74(70,73-6-3-9(31,32)12(37,38)21(55,56)24(61,62)63)72-5-2-8(29,30)11(35,36)14(41,42)16(45,46)18(49,50)20(53,54)23(59,60)26(67,68)69/h1-6H2. The van der Waals surface area contributed by atoms with E-state index in [1.807, 2.05) is 0 Å². The molecule has 0 amide bonds. The van der Waals surface area contributed by atoms with Gasteiger partial charge in [0.25, 0.3) is 0 Å². The zero-order chi connectivity index (χ0) is 60.9. The van der Waals surface area contributed by atoms with Gasteiger partial charge in [0.1, 0.15) is 0 Å². The largest absolute Gasteiger partial charge is 0.474 e. The molecule has 0 aromatic heterocycles. The molecule has 0 saturated heterocycles. The van der Waals surface area contributed by atoms with Crippen LogP contribution in [-0.4, -0.2) is 139 Å². The zero-order valence-electron chi connectivity index (χ0n) is 32.6. The summed E-state index contributed by atoms with van der Waals surface area (Å²) in [7, 11) is -7.65. The van der Waals surface area contributed by atoms with Crippen LogP contribution in [0.4, 0.5) is 189 Å². The van der Waals surface area contributed by atoms with Crippen LogP contribution in [0.25, 0.3) is 0 Å². The van der Waals surface area contributed by atoms with Crippen molar-refractivity contribution in [3.8, 4) is 0 Å². The van der Waals surface area contributed by atoms with Gasteiger partial charge in [-0.25, -0.2) is 4.57 Å². The molecule has 0 aromatic carbocycles. The lowest BCUT2D eigenvalue weighted by Gasteiger charge is -2.42. The molecule has 0 aliphatic carbocycles. The van der Waals surface area contributed by atoms with Crippen molar-refractivity contribution >= 4 is 7.82 Å². The third-order valence-corrected chi connectivity index (χ3v) is 10.3. The topological polar surface area (TPSA) is 44.8 Å². The molecular formula is C26H12F43O4P. The Morgan fingerprint density at radius 3 is 0.486 bits per heavy atom. The Labute approximate surface area is 374 Å².